The van der Waals surface area contributed by atoms with E-state index < -0.39 is 0 Å². The molecule has 3 N–H and O–H groups in total. The summed E-state index contributed by atoms with van der Waals surface area (Å²) in [7, 11) is 0. The van der Waals surface area contributed by atoms with Crippen molar-refractivity contribution >= 4 is 44.7 Å². The second-order valence-electron chi connectivity index (χ2n) is 3.49. The number of nitrogens with one attached hydrogen (secondary N) is 1. The second kappa shape index (κ2) is 4.85. The second-order valence-corrected chi connectivity index (χ2v) is 5.86. The number of carbonyl (C=O) groups excluding carboxylic acids is 1. The van der Waals surface area contributed by atoms with E-state index in [1.165, 1.54) is 17.5 Å². The van der Waals surface area contributed by atoms with Crippen LogP contribution in [0.25, 0.3) is 0 Å². The molecule has 0 aliphatic carbocycles. The molecule has 0 aromatic carbocycles. The zero-order valence-corrected chi connectivity index (χ0v) is 11.4. The molecule has 0 aliphatic heterocycles. The molecule has 0 unspecified atom stereocenters. The van der Waals surface area contributed by atoms with Crippen LogP contribution in [0.5, 0.6) is 0 Å². The summed E-state index contributed by atoms with van der Waals surface area (Å²) in [5.41, 5.74) is 7.15. The lowest BCUT2D eigenvalue weighted by Crippen LogP contribution is -2.10. The summed E-state index contributed by atoms with van der Waals surface area (Å²) in [6, 6.07) is 5.20. The molecule has 2 heterocycles. The maximum Gasteiger partial charge on any atom is 0.265 e. The molecular formula is C11H10BrN3OS. The van der Waals surface area contributed by atoms with Crippen molar-refractivity contribution in [3.63, 3.8) is 0 Å². The highest BCUT2D eigenvalue weighted by Crippen LogP contribution is 2.27. The summed E-state index contributed by atoms with van der Waals surface area (Å²) >= 11 is 4.79. The van der Waals surface area contributed by atoms with Crippen LogP contribution in [0.4, 0.5) is 11.5 Å². The highest BCUT2D eigenvalue weighted by molar-refractivity contribution is 9.11. The molecule has 2 aromatic heterocycles. The van der Waals surface area contributed by atoms with Gasteiger partial charge in [0, 0.05) is 0 Å². The number of amides is 1. The molecule has 2 aromatic rings. The average molecular weight is 312 g/mol. The topological polar surface area (TPSA) is 68.0 Å². The Kier molecular flexibility index (Phi) is 3.44. The smallest absolute Gasteiger partial charge is 0.265 e. The number of pyridine rings is 1. The Labute approximate surface area is 111 Å². The summed E-state index contributed by atoms with van der Waals surface area (Å²) in [6.07, 6.45) is 1.53. The van der Waals surface area contributed by atoms with Gasteiger partial charge < -0.3 is 11.1 Å². The van der Waals surface area contributed by atoms with Gasteiger partial charge in [0.1, 0.15) is 5.82 Å². The van der Waals surface area contributed by atoms with Gasteiger partial charge in [-0.2, -0.15) is 0 Å². The fraction of sp³-hybridized carbons (Fsp3) is 0.0909. The van der Waals surface area contributed by atoms with E-state index in [-0.39, 0.29) is 5.91 Å². The molecule has 0 saturated heterocycles. The van der Waals surface area contributed by atoms with Crippen LogP contribution in [0.3, 0.4) is 0 Å². The quantitative estimate of drug-likeness (QED) is 0.895. The molecule has 2 rings (SSSR count). The fourth-order valence-electron chi connectivity index (χ4n) is 1.24. The first-order valence-electron chi connectivity index (χ1n) is 4.85. The summed E-state index contributed by atoms with van der Waals surface area (Å²) in [6.45, 7) is 1.95. The van der Waals surface area contributed by atoms with Crippen molar-refractivity contribution in [3.05, 3.63) is 38.6 Å². The van der Waals surface area contributed by atoms with Crippen LogP contribution in [-0.4, -0.2) is 10.9 Å². The number of halogens is 1. The van der Waals surface area contributed by atoms with Crippen molar-refractivity contribution in [2.24, 2.45) is 0 Å². The van der Waals surface area contributed by atoms with Crippen LogP contribution in [0.15, 0.2) is 28.2 Å². The predicted molar refractivity (Wildman–Crippen MR) is 73.4 cm³/mol. The number of thiophene rings is 1. The van der Waals surface area contributed by atoms with Crippen LogP contribution in [-0.2, 0) is 0 Å². The summed E-state index contributed by atoms with van der Waals surface area (Å²) in [5, 5.41) is 2.76. The predicted octanol–water partition coefficient (Wildman–Crippen LogP) is 3.05. The number of rotatable bonds is 2. The monoisotopic (exact) mass is 311 g/mol. The molecule has 0 bridgehead atoms. The zero-order valence-electron chi connectivity index (χ0n) is 9.03. The fourth-order valence-corrected chi connectivity index (χ4v) is 2.67. The van der Waals surface area contributed by atoms with Gasteiger partial charge in [0.05, 0.1) is 20.5 Å². The number of hydrogen-bond acceptors (Lipinski definition) is 4. The lowest BCUT2D eigenvalue weighted by Gasteiger charge is -2.02. The van der Waals surface area contributed by atoms with Crippen LogP contribution < -0.4 is 11.1 Å². The number of nitrogen functional groups attached to an aromatic ring is 1. The first-order valence-corrected chi connectivity index (χ1v) is 6.46. The van der Waals surface area contributed by atoms with E-state index >= 15 is 0 Å². The Morgan fingerprint density at radius 1 is 1.53 bits per heavy atom. The van der Waals surface area contributed by atoms with E-state index in [1.54, 1.807) is 12.1 Å². The largest absolute Gasteiger partial charge is 0.384 e. The number of carbonyl (C=O) groups is 1. The van der Waals surface area contributed by atoms with Gasteiger partial charge in [0.2, 0.25) is 0 Å². The Morgan fingerprint density at radius 2 is 2.29 bits per heavy atom. The summed E-state index contributed by atoms with van der Waals surface area (Å²) in [5.74, 6) is 0.285. The number of nitrogens with zero attached hydrogens (tertiary/aromatic N) is 1. The minimum absolute atomic E-state index is 0.143. The third kappa shape index (κ3) is 2.83. The van der Waals surface area contributed by atoms with Gasteiger partial charge in [0.25, 0.3) is 5.91 Å². The molecule has 0 saturated carbocycles. The third-order valence-electron chi connectivity index (χ3n) is 2.13. The Hall–Kier alpha value is -1.40. The summed E-state index contributed by atoms with van der Waals surface area (Å²) < 4.78 is 0.970. The van der Waals surface area contributed by atoms with E-state index in [1.807, 2.05) is 13.0 Å². The van der Waals surface area contributed by atoms with E-state index in [0.717, 1.165) is 9.35 Å². The molecule has 1 amide bonds. The Morgan fingerprint density at radius 3 is 2.82 bits per heavy atom. The van der Waals surface area contributed by atoms with Crippen molar-refractivity contribution < 1.29 is 4.79 Å². The van der Waals surface area contributed by atoms with Gasteiger partial charge in [-0.3, -0.25) is 4.79 Å². The molecule has 0 atom stereocenters. The molecule has 88 valence electrons. The number of anilines is 2. The number of aromatic nitrogens is 1. The lowest BCUT2D eigenvalue weighted by molar-refractivity contribution is 0.103. The van der Waals surface area contributed by atoms with Crippen LogP contribution in [0.1, 0.15) is 15.2 Å². The van der Waals surface area contributed by atoms with Gasteiger partial charge >= 0.3 is 0 Å². The van der Waals surface area contributed by atoms with E-state index in [0.29, 0.717) is 16.4 Å². The first-order chi connectivity index (χ1) is 8.06. The van der Waals surface area contributed by atoms with Crippen molar-refractivity contribution in [1.82, 2.24) is 4.98 Å². The number of hydrogen-bond donors (Lipinski definition) is 2. The maximum absolute atomic E-state index is 11.9. The van der Waals surface area contributed by atoms with Gasteiger partial charge in [-0.1, -0.05) is 0 Å². The van der Waals surface area contributed by atoms with Crippen LogP contribution in [0.2, 0.25) is 0 Å². The van der Waals surface area contributed by atoms with E-state index in [9.17, 15) is 4.79 Å². The van der Waals surface area contributed by atoms with Gasteiger partial charge in [0.15, 0.2) is 0 Å². The van der Waals surface area contributed by atoms with Crippen molar-refractivity contribution in [2.45, 2.75) is 6.92 Å². The Bertz CT molecular complexity index is 531. The average Bonchev–Trinajstić information content (AvgIpc) is 2.63. The van der Waals surface area contributed by atoms with Crippen molar-refractivity contribution in [2.75, 3.05) is 11.1 Å². The highest BCUT2D eigenvalue weighted by atomic mass is 79.9. The molecular weight excluding hydrogens is 302 g/mol. The first kappa shape index (κ1) is 12.1. The normalized spacial score (nSPS) is 10.2. The maximum atomic E-state index is 11.9. The van der Waals surface area contributed by atoms with E-state index in [4.69, 9.17) is 5.73 Å². The van der Waals surface area contributed by atoms with Gasteiger partial charge in [-0.05, 0) is 46.6 Å². The summed E-state index contributed by atoms with van der Waals surface area (Å²) in [4.78, 5) is 16.4. The minimum Gasteiger partial charge on any atom is -0.384 e. The minimum atomic E-state index is -0.143. The Balaban J connectivity index is 2.14. The molecule has 0 aliphatic rings. The standard InChI is InChI=1S/C11H10BrN3OS/c1-6-4-8(17-10(6)12)11(16)15-7-2-3-9(13)14-5-7/h2-5H,1H3,(H2,13,14)(H,15,16). The number of nitrogens with two attached hydrogens (primary N) is 1. The van der Waals surface area contributed by atoms with Crippen LogP contribution >= 0.6 is 27.3 Å². The van der Waals surface area contributed by atoms with Gasteiger partial charge in [-0.25, -0.2) is 4.98 Å². The highest BCUT2D eigenvalue weighted by Gasteiger charge is 2.11. The third-order valence-corrected chi connectivity index (χ3v) is 4.26. The molecule has 4 nitrogen and oxygen atoms in total. The van der Waals surface area contributed by atoms with E-state index in [2.05, 4.69) is 26.2 Å². The number of aryl methyl sites for hydroxylation is 1. The van der Waals surface area contributed by atoms with Crippen molar-refractivity contribution in [3.8, 4) is 0 Å². The SMILES string of the molecule is Cc1cc(C(=O)Nc2ccc(N)nc2)sc1Br. The zero-order chi connectivity index (χ0) is 12.4. The van der Waals surface area contributed by atoms with Gasteiger partial charge in [-0.15, -0.1) is 11.3 Å². The molecule has 0 fully saturated rings. The van der Waals surface area contributed by atoms with Crippen LogP contribution in [0, 0.1) is 6.92 Å². The molecule has 6 heteroatoms. The molecule has 0 spiro atoms. The van der Waals surface area contributed by atoms with Crippen molar-refractivity contribution in [1.29, 1.82) is 0 Å². The molecule has 17 heavy (non-hydrogen) atoms. The lowest BCUT2D eigenvalue weighted by atomic mass is 10.3. The molecule has 0 radical (unpaired) electrons.